The number of carbonyl (C=O) groups is 1. The number of anilines is 1. The van der Waals surface area contributed by atoms with Gasteiger partial charge in [-0.2, -0.15) is 0 Å². The van der Waals surface area contributed by atoms with E-state index >= 15 is 0 Å². The quantitative estimate of drug-likeness (QED) is 0.817. The first kappa shape index (κ1) is 14.3. The van der Waals surface area contributed by atoms with Crippen molar-refractivity contribution in [2.45, 2.75) is 43.5 Å². The first-order valence-corrected chi connectivity index (χ1v) is 8.11. The molecule has 4 heteroatoms. The Morgan fingerprint density at radius 1 is 1.26 bits per heavy atom. The number of urea groups is 1. The fourth-order valence-electron chi connectivity index (χ4n) is 2.59. The van der Waals surface area contributed by atoms with Gasteiger partial charge >= 0.3 is 6.03 Å². The largest absolute Gasteiger partial charge is 0.335 e. The van der Waals surface area contributed by atoms with Crippen LogP contribution in [0.4, 0.5) is 10.5 Å². The summed E-state index contributed by atoms with van der Waals surface area (Å²) in [6.07, 6.45) is 6.74. The lowest BCUT2D eigenvalue weighted by Crippen LogP contribution is -2.40. The van der Waals surface area contributed by atoms with Crippen LogP contribution in [0.5, 0.6) is 0 Å². The number of hydrogen-bond donors (Lipinski definition) is 2. The normalized spacial score (nSPS) is 22.8. The van der Waals surface area contributed by atoms with Gasteiger partial charge in [-0.25, -0.2) is 4.79 Å². The lowest BCUT2D eigenvalue weighted by molar-refractivity contribution is 0.238. The maximum Gasteiger partial charge on any atom is 0.319 e. The molecule has 2 rings (SSSR count). The van der Waals surface area contributed by atoms with Crippen LogP contribution in [0.25, 0.3) is 0 Å². The fraction of sp³-hybridized carbons (Fsp3) is 0.533. The van der Waals surface area contributed by atoms with Gasteiger partial charge in [0.25, 0.3) is 0 Å². The van der Waals surface area contributed by atoms with Crippen molar-refractivity contribution in [3.63, 3.8) is 0 Å². The number of rotatable bonds is 3. The van der Waals surface area contributed by atoms with Crippen LogP contribution in [0.15, 0.2) is 29.2 Å². The minimum atomic E-state index is -0.0870. The smallest absolute Gasteiger partial charge is 0.319 e. The Kier molecular flexibility index (Phi) is 5.14. The predicted octanol–water partition coefficient (Wildman–Crippen LogP) is 4.11. The van der Waals surface area contributed by atoms with E-state index in [4.69, 9.17) is 0 Å². The third kappa shape index (κ3) is 4.46. The van der Waals surface area contributed by atoms with Crippen molar-refractivity contribution in [3.05, 3.63) is 24.3 Å². The summed E-state index contributed by atoms with van der Waals surface area (Å²) in [4.78, 5) is 13.1. The minimum absolute atomic E-state index is 0.0870. The van der Waals surface area contributed by atoms with Crippen molar-refractivity contribution in [3.8, 4) is 0 Å². The average molecular weight is 278 g/mol. The van der Waals surface area contributed by atoms with E-state index in [1.54, 1.807) is 11.8 Å². The third-order valence-electron chi connectivity index (χ3n) is 3.62. The van der Waals surface area contributed by atoms with Gasteiger partial charge in [0, 0.05) is 16.6 Å². The Balaban J connectivity index is 1.83. The highest BCUT2D eigenvalue weighted by atomic mass is 32.2. The number of thioether (sulfide) groups is 1. The molecule has 0 radical (unpaired) electrons. The van der Waals surface area contributed by atoms with Crippen LogP contribution in [0, 0.1) is 5.92 Å². The molecule has 0 aliphatic heterocycles. The molecule has 1 fully saturated rings. The van der Waals surface area contributed by atoms with Crippen molar-refractivity contribution >= 4 is 23.5 Å². The third-order valence-corrected chi connectivity index (χ3v) is 4.36. The van der Waals surface area contributed by atoms with Crippen LogP contribution in [-0.4, -0.2) is 18.3 Å². The Hall–Kier alpha value is -1.16. The van der Waals surface area contributed by atoms with E-state index < -0.39 is 0 Å². The summed E-state index contributed by atoms with van der Waals surface area (Å²) in [5.41, 5.74) is 0.846. The summed E-state index contributed by atoms with van der Waals surface area (Å²) in [5.74, 6) is 0.722. The molecule has 0 aromatic heterocycles. The van der Waals surface area contributed by atoms with Gasteiger partial charge in [-0.05, 0) is 49.3 Å². The summed E-state index contributed by atoms with van der Waals surface area (Å²) < 4.78 is 0. The molecule has 1 aliphatic carbocycles. The lowest BCUT2D eigenvalue weighted by atomic mass is 9.87. The van der Waals surface area contributed by atoms with Crippen LogP contribution in [0.2, 0.25) is 0 Å². The highest BCUT2D eigenvalue weighted by Crippen LogP contribution is 2.23. The molecular formula is C15H22N2OS. The summed E-state index contributed by atoms with van der Waals surface area (Å²) in [6.45, 7) is 2.26. The van der Waals surface area contributed by atoms with Gasteiger partial charge in [-0.15, -0.1) is 11.8 Å². The van der Waals surface area contributed by atoms with Crippen LogP contribution < -0.4 is 10.6 Å². The van der Waals surface area contributed by atoms with Crippen molar-refractivity contribution in [2.75, 3.05) is 11.6 Å². The second-order valence-electron chi connectivity index (χ2n) is 5.30. The molecule has 0 bridgehead atoms. The zero-order valence-electron chi connectivity index (χ0n) is 11.6. The van der Waals surface area contributed by atoms with Crippen molar-refractivity contribution < 1.29 is 4.79 Å². The fourth-order valence-corrected chi connectivity index (χ4v) is 3.00. The average Bonchev–Trinajstić information content (AvgIpc) is 2.39. The molecule has 104 valence electrons. The molecule has 1 aromatic carbocycles. The molecule has 2 amide bonds. The van der Waals surface area contributed by atoms with E-state index in [1.165, 1.54) is 17.7 Å². The maximum atomic E-state index is 11.9. The number of nitrogens with one attached hydrogen (secondary N) is 2. The van der Waals surface area contributed by atoms with Crippen molar-refractivity contribution in [1.29, 1.82) is 0 Å². The van der Waals surface area contributed by atoms with Crippen molar-refractivity contribution in [1.82, 2.24) is 5.32 Å². The van der Waals surface area contributed by atoms with E-state index in [9.17, 15) is 4.79 Å². The van der Waals surface area contributed by atoms with Crippen LogP contribution in [-0.2, 0) is 0 Å². The second-order valence-corrected chi connectivity index (χ2v) is 6.18. The Morgan fingerprint density at radius 2 is 2.00 bits per heavy atom. The molecule has 1 aromatic rings. The van der Waals surface area contributed by atoms with E-state index in [2.05, 4.69) is 17.6 Å². The van der Waals surface area contributed by atoms with Crippen molar-refractivity contribution in [2.24, 2.45) is 5.92 Å². The number of carbonyl (C=O) groups excluding carboxylic acids is 1. The molecule has 0 heterocycles. The van der Waals surface area contributed by atoms with Gasteiger partial charge < -0.3 is 10.6 Å². The zero-order valence-corrected chi connectivity index (χ0v) is 12.4. The maximum absolute atomic E-state index is 11.9. The van der Waals surface area contributed by atoms with Gasteiger partial charge in [0.2, 0.25) is 0 Å². The minimum Gasteiger partial charge on any atom is -0.335 e. The first-order valence-electron chi connectivity index (χ1n) is 6.89. The Labute approximate surface area is 119 Å². The Morgan fingerprint density at radius 3 is 2.63 bits per heavy atom. The number of amides is 2. The molecule has 0 spiro atoms. The Bertz CT molecular complexity index is 419. The van der Waals surface area contributed by atoms with E-state index in [-0.39, 0.29) is 6.03 Å². The van der Waals surface area contributed by atoms with Gasteiger partial charge in [0.05, 0.1) is 0 Å². The molecule has 0 unspecified atom stereocenters. The molecule has 1 aliphatic rings. The van der Waals surface area contributed by atoms with Gasteiger partial charge in [0.15, 0.2) is 0 Å². The summed E-state index contributed by atoms with van der Waals surface area (Å²) >= 11 is 1.70. The van der Waals surface area contributed by atoms with Crippen LogP contribution in [0.1, 0.15) is 32.6 Å². The standard InChI is InChI=1S/C15H22N2OS/c1-11-4-3-5-13(10-11)17-15(18)16-12-6-8-14(19-2)9-7-12/h6-9,11,13H,3-5,10H2,1-2H3,(H2,16,17,18)/t11-,13-/m0/s1. The van der Waals surface area contributed by atoms with E-state index in [0.717, 1.165) is 24.4 Å². The summed E-state index contributed by atoms with van der Waals surface area (Å²) in [6, 6.07) is 8.15. The first-order chi connectivity index (χ1) is 9.17. The molecule has 2 N–H and O–H groups in total. The van der Waals surface area contributed by atoms with Gasteiger partial charge in [-0.1, -0.05) is 19.8 Å². The summed E-state index contributed by atoms with van der Waals surface area (Å²) in [7, 11) is 0. The molecule has 19 heavy (non-hydrogen) atoms. The lowest BCUT2D eigenvalue weighted by Gasteiger charge is -2.27. The molecular weight excluding hydrogens is 256 g/mol. The molecule has 0 saturated heterocycles. The highest BCUT2D eigenvalue weighted by molar-refractivity contribution is 7.98. The van der Waals surface area contributed by atoms with E-state index in [1.807, 2.05) is 30.5 Å². The molecule has 3 nitrogen and oxygen atoms in total. The predicted molar refractivity (Wildman–Crippen MR) is 81.8 cm³/mol. The topological polar surface area (TPSA) is 41.1 Å². The number of benzene rings is 1. The monoisotopic (exact) mass is 278 g/mol. The second kappa shape index (κ2) is 6.85. The highest BCUT2D eigenvalue weighted by Gasteiger charge is 2.20. The van der Waals surface area contributed by atoms with Crippen LogP contribution in [0.3, 0.4) is 0 Å². The van der Waals surface area contributed by atoms with Gasteiger partial charge in [0.1, 0.15) is 0 Å². The number of hydrogen-bond acceptors (Lipinski definition) is 2. The summed E-state index contributed by atoms with van der Waals surface area (Å²) in [5, 5.41) is 5.97. The van der Waals surface area contributed by atoms with Gasteiger partial charge in [-0.3, -0.25) is 0 Å². The van der Waals surface area contributed by atoms with Crippen LogP contribution >= 0.6 is 11.8 Å². The molecule has 2 atom stereocenters. The molecule has 1 saturated carbocycles. The zero-order chi connectivity index (χ0) is 13.7. The van der Waals surface area contributed by atoms with E-state index in [0.29, 0.717) is 6.04 Å². The SMILES string of the molecule is CSc1ccc(NC(=O)N[C@H]2CCC[C@H](C)C2)cc1.